The van der Waals surface area contributed by atoms with Crippen LogP contribution in [0.2, 0.25) is 0 Å². The average molecular weight is 135 g/mol. The monoisotopic (exact) mass is 135 g/mol. The number of hydrogen-bond acceptors (Lipinski definition) is 4. The number of nitrogens with one attached hydrogen (secondary N) is 1. The summed E-state index contributed by atoms with van der Waals surface area (Å²) in [6, 6.07) is 0. The molecule has 4 N–H and O–H groups in total. The van der Waals surface area contributed by atoms with Crippen molar-refractivity contribution in [2.24, 2.45) is 0 Å². The molecule has 0 rings (SSSR count). The summed E-state index contributed by atoms with van der Waals surface area (Å²) >= 11 is 0. The molecule has 0 aromatic carbocycles. The number of hydrogen-bond donors (Lipinski definition) is 4. The molecule has 9 heavy (non-hydrogen) atoms. The van der Waals surface area contributed by atoms with Gasteiger partial charge in [-0.2, -0.15) is 0 Å². The standard InChI is InChI=1S/C5H13NO3/c7-3-1-2-5(8)4-6-9/h5-9H,1-4H2. The van der Waals surface area contributed by atoms with E-state index >= 15 is 0 Å². The molecule has 0 aliphatic heterocycles. The second-order valence-corrected chi connectivity index (χ2v) is 1.88. The Kier molecular flexibility index (Phi) is 5.86. The van der Waals surface area contributed by atoms with Crippen LogP contribution in [0.4, 0.5) is 0 Å². The summed E-state index contributed by atoms with van der Waals surface area (Å²) in [5.74, 6) is 0. The molecule has 0 aliphatic rings. The van der Waals surface area contributed by atoms with Crippen LogP contribution in [-0.4, -0.2) is 34.7 Å². The molecule has 0 saturated heterocycles. The van der Waals surface area contributed by atoms with E-state index < -0.39 is 6.10 Å². The fourth-order valence-electron chi connectivity index (χ4n) is 0.534. The van der Waals surface area contributed by atoms with Gasteiger partial charge in [0.2, 0.25) is 0 Å². The first-order valence-corrected chi connectivity index (χ1v) is 2.97. The first kappa shape index (κ1) is 8.84. The van der Waals surface area contributed by atoms with E-state index in [0.717, 1.165) is 0 Å². The van der Waals surface area contributed by atoms with Crippen molar-refractivity contribution in [3.05, 3.63) is 0 Å². The molecule has 0 fully saturated rings. The van der Waals surface area contributed by atoms with Crippen LogP contribution in [0.25, 0.3) is 0 Å². The van der Waals surface area contributed by atoms with Gasteiger partial charge in [0.1, 0.15) is 0 Å². The molecule has 0 aliphatic carbocycles. The highest BCUT2D eigenvalue weighted by atomic mass is 16.5. The van der Waals surface area contributed by atoms with Crippen molar-refractivity contribution < 1.29 is 15.4 Å². The Morgan fingerprint density at radius 3 is 2.56 bits per heavy atom. The predicted octanol–water partition coefficient (Wildman–Crippen LogP) is -0.901. The van der Waals surface area contributed by atoms with Crippen LogP contribution in [0, 0.1) is 0 Å². The topological polar surface area (TPSA) is 72.7 Å². The minimum atomic E-state index is -0.554. The molecule has 56 valence electrons. The fraction of sp³-hybridized carbons (Fsp3) is 1.00. The van der Waals surface area contributed by atoms with Crippen molar-refractivity contribution in [2.45, 2.75) is 18.9 Å². The van der Waals surface area contributed by atoms with Gasteiger partial charge in [-0.25, -0.2) is 5.48 Å². The Bertz CT molecular complexity index is 60.2. The lowest BCUT2D eigenvalue weighted by atomic mass is 10.2. The molecule has 1 unspecified atom stereocenters. The molecule has 1 atom stereocenters. The third kappa shape index (κ3) is 5.72. The van der Waals surface area contributed by atoms with E-state index in [1.54, 1.807) is 0 Å². The molecular weight excluding hydrogens is 122 g/mol. The van der Waals surface area contributed by atoms with Crippen molar-refractivity contribution >= 4 is 0 Å². The maximum atomic E-state index is 8.85. The van der Waals surface area contributed by atoms with Gasteiger partial charge in [-0.05, 0) is 12.8 Å². The van der Waals surface area contributed by atoms with E-state index in [2.05, 4.69) is 0 Å². The van der Waals surface area contributed by atoms with Gasteiger partial charge in [-0.15, -0.1) is 0 Å². The Hall–Kier alpha value is -0.160. The smallest absolute Gasteiger partial charge is 0.0688 e. The molecule has 0 amide bonds. The highest BCUT2D eigenvalue weighted by Crippen LogP contribution is 1.93. The van der Waals surface area contributed by atoms with Crippen LogP contribution in [-0.2, 0) is 0 Å². The SMILES string of the molecule is OCCCC(O)CNO. The van der Waals surface area contributed by atoms with Gasteiger partial charge >= 0.3 is 0 Å². The Balaban J connectivity index is 2.95. The summed E-state index contributed by atoms with van der Waals surface area (Å²) in [5.41, 5.74) is 1.84. The lowest BCUT2D eigenvalue weighted by molar-refractivity contribution is 0.0824. The fourth-order valence-corrected chi connectivity index (χ4v) is 0.534. The van der Waals surface area contributed by atoms with Crippen molar-refractivity contribution in [3.8, 4) is 0 Å². The van der Waals surface area contributed by atoms with Gasteiger partial charge in [-0.1, -0.05) is 0 Å². The Morgan fingerprint density at radius 1 is 1.44 bits per heavy atom. The second-order valence-electron chi connectivity index (χ2n) is 1.88. The van der Waals surface area contributed by atoms with Crippen LogP contribution in [0.1, 0.15) is 12.8 Å². The predicted molar refractivity (Wildman–Crippen MR) is 32.1 cm³/mol. The molecular formula is C5H13NO3. The van der Waals surface area contributed by atoms with Crippen molar-refractivity contribution in [1.29, 1.82) is 0 Å². The Labute approximate surface area is 54.1 Å². The third-order valence-electron chi connectivity index (χ3n) is 1.02. The quantitative estimate of drug-likeness (QED) is 0.369. The summed E-state index contributed by atoms with van der Waals surface area (Å²) in [6.45, 7) is 0.252. The summed E-state index contributed by atoms with van der Waals surface area (Å²) in [7, 11) is 0. The zero-order chi connectivity index (χ0) is 7.11. The number of rotatable bonds is 5. The first-order chi connectivity index (χ1) is 4.31. The van der Waals surface area contributed by atoms with Crippen LogP contribution in [0.3, 0.4) is 0 Å². The number of aliphatic hydroxyl groups excluding tert-OH is 2. The number of hydroxylamine groups is 1. The summed E-state index contributed by atoms with van der Waals surface area (Å²) in [5, 5.41) is 25.2. The third-order valence-corrected chi connectivity index (χ3v) is 1.02. The van der Waals surface area contributed by atoms with E-state index in [1.165, 1.54) is 0 Å². The largest absolute Gasteiger partial charge is 0.396 e. The van der Waals surface area contributed by atoms with Gasteiger partial charge in [0.15, 0.2) is 0 Å². The molecule has 0 saturated carbocycles. The minimum absolute atomic E-state index is 0.0858. The normalized spacial score (nSPS) is 13.7. The highest BCUT2D eigenvalue weighted by Gasteiger charge is 2.00. The van der Waals surface area contributed by atoms with E-state index in [-0.39, 0.29) is 13.2 Å². The van der Waals surface area contributed by atoms with E-state index in [0.29, 0.717) is 12.8 Å². The van der Waals surface area contributed by atoms with Crippen molar-refractivity contribution in [3.63, 3.8) is 0 Å². The van der Waals surface area contributed by atoms with Gasteiger partial charge in [-0.3, -0.25) is 0 Å². The molecule has 0 aromatic heterocycles. The van der Waals surface area contributed by atoms with Gasteiger partial charge in [0.25, 0.3) is 0 Å². The van der Waals surface area contributed by atoms with E-state index in [4.69, 9.17) is 15.4 Å². The van der Waals surface area contributed by atoms with Crippen LogP contribution >= 0.6 is 0 Å². The van der Waals surface area contributed by atoms with Crippen LogP contribution < -0.4 is 5.48 Å². The zero-order valence-corrected chi connectivity index (χ0v) is 5.25. The molecule has 0 bridgehead atoms. The lowest BCUT2D eigenvalue weighted by Crippen LogP contribution is -2.23. The molecule has 0 heterocycles. The number of aliphatic hydroxyl groups is 2. The van der Waals surface area contributed by atoms with Gasteiger partial charge < -0.3 is 15.4 Å². The summed E-state index contributed by atoms with van der Waals surface area (Å²) in [4.78, 5) is 0. The molecule has 0 spiro atoms. The van der Waals surface area contributed by atoms with Gasteiger partial charge in [0, 0.05) is 13.2 Å². The lowest BCUT2D eigenvalue weighted by Gasteiger charge is -2.06. The highest BCUT2D eigenvalue weighted by molar-refractivity contribution is 4.54. The van der Waals surface area contributed by atoms with E-state index in [9.17, 15) is 0 Å². The molecule has 4 heteroatoms. The molecule has 0 radical (unpaired) electrons. The van der Waals surface area contributed by atoms with Crippen molar-refractivity contribution in [1.82, 2.24) is 5.48 Å². The molecule has 0 aromatic rings. The molecule has 4 nitrogen and oxygen atoms in total. The zero-order valence-electron chi connectivity index (χ0n) is 5.25. The van der Waals surface area contributed by atoms with Crippen molar-refractivity contribution in [2.75, 3.05) is 13.2 Å². The summed E-state index contributed by atoms with van der Waals surface area (Å²) < 4.78 is 0. The van der Waals surface area contributed by atoms with Crippen LogP contribution in [0.15, 0.2) is 0 Å². The first-order valence-electron chi connectivity index (χ1n) is 2.97. The average Bonchev–Trinajstić information content (AvgIpc) is 1.85. The Morgan fingerprint density at radius 2 is 2.11 bits per heavy atom. The maximum absolute atomic E-state index is 8.85. The minimum Gasteiger partial charge on any atom is -0.396 e. The summed E-state index contributed by atoms with van der Waals surface area (Å²) in [6.07, 6.45) is 0.537. The maximum Gasteiger partial charge on any atom is 0.0688 e. The van der Waals surface area contributed by atoms with Crippen LogP contribution in [0.5, 0.6) is 0 Å². The van der Waals surface area contributed by atoms with Gasteiger partial charge in [0.05, 0.1) is 6.10 Å². The second kappa shape index (κ2) is 5.97. The van der Waals surface area contributed by atoms with E-state index in [1.807, 2.05) is 5.48 Å².